The zero-order valence-electron chi connectivity index (χ0n) is 8.75. The van der Waals surface area contributed by atoms with Gasteiger partial charge in [-0.05, 0) is 12.5 Å². The number of hydrogen-bond acceptors (Lipinski definition) is 4. The van der Waals surface area contributed by atoms with Gasteiger partial charge in [-0.15, -0.1) is 5.10 Å². The van der Waals surface area contributed by atoms with Crippen LogP contribution >= 0.6 is 0 Å². The SMILES string of the molecule is FC(F)(F)C1=NN=C2CCC3(C=C21)OCCO3. The van der Waals surface area contributed by atoms with Crippen molar-refractivity contribution >= 4 is 11.4 Å². The van der Waals surface area contributed by atoms with Gasteiger partial charge in [0.05, 0.1) is 18.9 Å². The highest BCUT2D eigenvalue weighted by molar-refractivity contribution is 6.29. The molecular formula is C10H9F3N2O2. The number of halogens is 3. The number of rotatable bonds is 0. The van der Waals surface area contributed by atoms with E-state index in [9.17, 15) is 13.2 Å². The Morgan fingerprint density at radius 1 is 1.18 bits per heavy atom. The third-order valence-corrected chi connectivity index (χ3v) is 2.96. The van der Waals surface area contributed by atoms with Crippen molar-refractivity contribution in [2.45, 2.75) is 24.8 Å². The molecular weight excluding hydrogens is 237 g/mol. The summed E-state index contributed by atoms with van der Waals surface area (Å²) in [5.74, 6) is -1.01. The molecule has 0 aromatic heterocycles. The Morgan fingerprint density at radius 2 is 1.88 bits per heavy atom. The quantitative estimate of drug-likeness (QED) is 0.654. The lowest BCUT2D eigenvalue weighted by atomic mass is 9.90. The number of nitrogens with zero attached hydrogens (tertiary/aromatic N) is 2. The van der Waals surface area contributed by atoms with E-state index >= 15 is 0 Å². The fourth-order valence-electron chi connectivity index (χ4n) is 2.18. The Bertz CT molecular complexity index is 445. The fraction of sp³-hybridized carbons (Fsp3) is 0.600. The lowest BCUT2D eigenvalue weighted by Crippen LogP contribution is -2.36. The molecule has 0 radical (unpaired) electrons. The van der Waals surface area contributed by atoms with Gasteiger partial charge in [0.2, 0.25) is 0 Å². The molecule has 4 nitrogen and oxygen atoms in total. The van der Waals surface area contributed by atoms with Crippen molar-refractivity contribution in [3.63, 3.8) is 0 Å². The number of allylic oxidation sites excluding steroid dienone is 1. The summed E-state index contributed by atoms with van der Waals surface area (Å²) in [6.45, 7) is 0.795. The predicted octanol–water partition coefficient (Wildman–Crippen LogP) is 1.82. The molecule has 17 heavy (non-hydrogen) atoms. The smallest absolute Gasteiger partial charge is 0.344 e. The summed E-state index contributed by atoms with van der Waals surface area (Å²) < 4.78 is 48.8. The summed E-state index contributed by atoms with van der Waals surface area (Å²) in [4.78, 5) is 0. The third-order valence-electron chi connectivity index (χ3n) is 2.96. The summed E-state index contributed by atoms with van der Waals surface area (Å²) in [7, 11) is 0. The van der Waals surface area contributed by atoms with Gasteiger partial charge in [0.1, 0.15) is 0 Å². The molecule has 3 rings (SSSR count). The molecule has 0 unspecified atom stereocenters. The van der Waals surface area contributed by atoms with Gasteiger partial charge >= 0.3 is 6.18 Å². The molecule has 0 aromatic rings. The minimum atomic E-state index is -4.49. The number of hydrogen-bond donors (Lipinski definition) is 0. The maximum Gasteiger partial charge on any atom is 0.435 e. The van der Waals surface area contributed by atoms with Crippen LogP contribution in [0.5, 0.6) is 0 Å². The summed E-state index contributed by atoms with van der Waals surface area (Å²) in [5, 5.41) is 6.77. The molecule has 0 N–H and O–H groups in total. The van der Waals surface area contributed by atoms with Crippen LogP contribution < -0.4 is 0 Å². The van der Waals surface area contributed by atoms with Crippen LogP contribution in [0.25, 0.3) is 0 Å². The van der Waals surface area contributed by atoms with Gasteiger partial charge in [-0.1, -0.05) is 0 Å². The Labute approximate surface area is 94.8 Å². The standard InChI is InChI=1S/C10H9F3N2O2/c11-10(12,13)8-6-5-9(16-3-4-17-9)2-1-7(6)14-15-8/h5H,1-4H2. The molecule has 1 fully saturated rings. The lowest BCUT2D eigenvalue weighted by Gasteiger charge is -2.28. The van der Waals surface area contributed by atoms with E-state index in [4.69, 9.17) is 9.47 Å². The molecule has 1 aliphatic carbocycles. The third kappa shape index (κ3) is 1.69. The molecule has 2 heterocycles. The van der Waals surface area contributed by atoms with E-state index in [2.05, 4.69) is 10.2 Å². The predicted molar refractivity (Wildman–Crippen MR) is 52.9 cm³/mol. The second-order valence-electron chi connectivity index (χ2n) is 4.06. The van der Waals surface area contributed by atoms with Crippen LogP contribution in [0.2, 0.25) is 0 Å². The van der Waals surface area contributed by atoms with Gasteiger partial charge in [0.15, 0.2) is 11.5 Å². The molecule has 0 amide bonds. The summed E-state index contributed by atoms with van der Waals surface area (Å²) in [6.07, 6.45) is -2.26. The van der Waals surface area contributed by atoms with E-state index in [-0.39, 0.29) is 5.57 Å². The molecule has 0 aromatic carbocycles. The average Bonchev–Trinajstić information content (AvgIpc) is 2.84. The van der Waals surface area contributed by atoms with E-state index in [0.717, 1.165) is 0 Å². The van der Waals surface area contributed by atoms with Gasteiger partial charge in [-0.25, -0.2) is 0 Å². The first-order chi connectivity index (χ1) is 8.00. The fourth-order valence-corrected chi connectivity index (χ4v) is 2.18. The van der Waals surface area contributed by atoms with Gasteiger partial charge in [0, 0.05) is 12.0 Å². The number of ether oxygens (including phenoxy) is 2. The van der Waals surface area contributed by atoms with Crippen molar-refractivity contribution in [3.05, 3.63) is 11.6 Å². The maximum absolute atomic E-state index is 12.7. The first-order valence-electron chi connectivity index (χ1n) is 5.23. The van der Waals surface area contributed by atoms with Crippen molar-refractivity contribution in [2.75, 3.05) is 13.2 Å². The van der Waals surface area contributed by atoms with Crippen LogP contribution in [0.15, 0.2) is 21.9 Å². The lowest BCUT2D eigenvalue weighted by molar-refractivity contribution is -0.121. The van der Waals surface area contributed by atoms with Crippen molar-refractivity contribution in [2.24, 2.45) is 10.2 Å². The van der Waals surface area contributed by atoms with Crippen molar-refractivity contribution in [1.29, 1.82) is 0 Å². The highest BCUT2D eigenvalue weighted by Crippen LogP contribution is 2.37. The minimum absolute atomic E-state index is 0.00523. The molecule has 2 aliphatic heterocycles. The van der Waals surface area contributed by atoms with Gasteiger partial charge < -0.3 is 9.47 Å². The highest BCUT2D eigenvalue weighted by Gasteiger charge is 2.47. The Morgan fingerprint density at radius 3 is 2.53 bits per heavy atom. The Hall–Kier alpha value is -1.21. The molecule has 1 saturated heterocycles. The Balaban J connectivity index is 1.98. The van der Waals surface area contributed by atoms with Crippen LogP contribution in [0.1, 0.15) is 12.8 Å². The van der Waals surface area contributed by atoms with Crippen molar-refractivity contribution in [3.8, 4) is 0 Å². The van der Waals surface area contributed by atoms with Crippen LogP contribution in [0.4, 0.5) is 13.2 Å². The largest absolute Gasteiger partial charge is 0.435 e. The minimum Gasteiger partial charge on any atom is -0.344 e. The average molecular weight is 246 g/mol. The van der Waals surface area contributed by atoms with E-state index in [1.54, 1.807) is 0 Å². The van der Waals surface area contributed by atoms with E-state index in [1.165, 1.54) is 6.08 Å². The van der Waals surface area contributed by atoms with E-state index in [1.807, 2.05) is 0 Å². The summed E-state index contributed by atoms with van der Waals surface area (Å²) >= 11 is 0. The second-order valence-corrected chi connectivity index (χ2v) is 4.06. The van der Waals surface area contributed by atoms with Crippen molar-refractivity contribution in [1.82, 2.24) is 0 Å². The Kier molecular flexibility index (Phi) is 2.18. The normalized spacial score (nSPS) is 26.6. The van der Waals surface area contributed by atoms with Gasteiger partial charge in [-0.2, -0.15) is 18.3 Å². The summed E-state index contributed by atoms with van der Waals surface area (Å²) in [5.41, 5.74) is -0.585. The monoisotopic (exact) mass is 246 g/mol. The maximum atomic E-state index is 12.7. The van der Waals surface area contributed by atoms with Crippen LogP contribution in [0, 0.1) is 0 Å². The zero-order chi connectivity index (χ0) is 12.1. The zero-order valence-corrected chi connectivity index (χ0v) is 8.75. The van der Waals surface area contributed by atoms with Gasteiger partial charge in [-0.3, -0.25) is 0 Å². The van der Waals surface area contributed by atoms with Gasteiger partial charge in [0.25, 0.3) is 0 Å². The topological polar surface area (TPSA) is 43.2 Å². The first-order valence-corrected chi connectivity index (χ1v) is 5.23. The van der Waals surface area contributed by atoms with E-state index in [0.29, 0.717) is 31.8 Å². The second kappa shape index (κ2) is 3.39. The molecule has 0 saturated carbocycles. The number of fused-ring (bicyclic) bond motifs is 1. The number of alkyl halides is 3. The first kappa shape index (κ1) is 10.9. The van der Waals surface area contributed by atoms with E-state index < -0.39 is 17.7 Å². The molecule has 92 valence electrons. The van der Waals surface area contributed by atoms with Crippen LogP contribution in [-0.2, 0) is 9.47 Å². The van der Waals surface area contributed by atoms with Crippen molar-refractivity contribution < 1.29 is 22.6 Å². The summed E-state index contributed by atoms with van der Waals surface area (Å²) in [6, 6.07) is 0. The van der Waals surface area contributed by atoms with Crippen LogP contribution in [0.3, 0.4) is 0 Å². The van der Waals surface area contributed by atoms with Crippen LogP contribution in [-0.4, -0.2) is 36.6 Å². The molecule has 1 spiro atoms. The molecule has 0 atom stereocenters. The molecule has 7 heteroatoms. The molecule has 3 aliphatic rings. The highest BCUT2D eigenvalue weighted by atomic mass is 19.4. The molecule has 0 bridgehead atoms.